The summed E-state index contributed by atoms with van der Waals surface area (Å²) in [6.07, 6.45) is 0.324. The predicted octanol–water partition coefficient (Wildman–Crippen LogP) is 4.66. The van der Waals surface area contributed by atoms with Gasteiger partial charge >= 0.3 is 6.09 Å². The van der Waals surface area contributed by atoms with E-state index in [2.05, 4.69) is 45.0 Å². The van der Waals surface area contributed by atoms with Gasteiger partial charge in [0.2, 0.25) is 0 Å². The molecular formula is C23H29NO3. The summed E-state index contributed by atoms with van der Waals surface area (Å²) in [6, 6.07) is 16.3. The zero-order chi connectivity index (χ0) is 19.6. The van der Waals surface area contributed by atoms with Gasteiger partial charge in [0, 0.05) is 13.0 Å². The third-order valence-corrected chi connectivity index (χ3v) is 5.23. The van der Waals surface area contributed by atoms with Gasteiger partial charge in [0.1, 0.15) is 6.61 Å². The normalized spacial score (nSPS) is 14.4. The van der Waals surface area contributed by atoms with Crippen LogP contribution in [0.15, 0.2) is 48.5 Å². The van der Waals surface area contributed by atoms with Crippen molar-refractivity contribution in [1.29, 1.82) is 0 Å². The van der Waals surface area contributed by atoms with Crippen molar-refractivity contribution in [1.82, 2.24) is 4.90 Å². The Balaban J connectivity index is 1.72. The van der Waals surface area contributed by atoms with Crippen LogP contribution in [-0.2, 0) is 4.74 Å². The highest BCUT2D eigenvalue weighted by Gasteiger charge is 2.31. The van der Waals surface area contributed by atoms with Crippen LogP contribution in [-0.4, -0.2) is 42.4 Å². The molecule has 2 aromatic rings. The minimum Gasteiger partial charge on any atom is -0.448 e. The molecule has 1 atom stereocenters. The Bertz CT molecular complexity index is 764. The van der Waals surface area contributed by atoms with Gasteiger partial charge in [-0.1, -0.05) is 69.3 Å². The van der Waals surface area contributed by atoms with Gasteiger partial charge in [0.05, 0.1) is 12.6 Å². The minimum absolute atomic E-state index is 0.0191. The predicted molar refractivity (Wildman–Crippen MR) is 108 cm³/mol. The van der Waals surface area contributed by atoms with Gasteiger partial charge in [-0.05, 0) is 34.1 Å². The monoisotopic (exact) mass is 367 g/mol. The van der Waals surface area contributed by atoms with E-state index in [1.165, 1.54) is 27.2 Å². The van der Waals surface area contributed by atoms with Gasteiger partial charge in [0.25, 0.3) is 0 Å². The maximum Gasteiger partial charge on any atom is 0.409 e. The molecule has 4 heteroatoms. The maximum absolute atomic E-state index is 12.6. The second-order valence-corrected chi connectivity index (χ2v) is 8.52. The molecule has 2 aromatic carbocycles. The number of rotatable bonds is 5. The number of carbonyl (C=O) groups excluding carboxylic acids is 1. The molecule has 144 valence electrons. The largest absolute Gasteiger partial charge is 0.448 e. The smallest absolute Gasteiger partial charge is 0.409 e. The molecule has 1 aliphatic carbocycles. The van der Waals surface area contributed by atoms with Gasteiger partial charge in [-0.15, -0.1) is 0 Å². The van der Waals surface area contributed by atoms with Gasteiger partial charge in [0.15, 0.2) is 0 Å². The lowest BCUT2D eigenvalue weighted by Gasteiger charge is -2.31. The maximum atomic E-state index is 12.6. The molecule has 0 spiro atoms. The van der Waals surface area contributed by atoms with E-state index >= 15 is 0 Å². The fourth-order valence-corrected chi connectivity index (χ4v) is 3.88. The Hall–Kier alpha value is -2.33. The molecule has 0 radical (unpaired) electrons. The van der Waals surface area contributed by atoms with Crippen LogP contribution in [0.5, 0.6) is 0 Å². The second-order valence-electron chi connectivity index (χ2n) is 8.52. The summed E-state index contributed by atoms with van der Waals surface area (Å²) in [5.41, 5.74) is 4.84. The van der Waals surface area contributed by atoms with E-state index in [4.69, 9.17) is 4.74 Å². The number of hydrogen-bond donors (Lipinski definition) is 1. The van der Waals surface area contributed by atoms with Crippen LogP contribution in [0.2, 0.25) is 0 Å². The number of fused-ring (bicyclic) bond motifs is 3. The molecule has 1 aliphatic rings. The van der Waals surface area contributed by atoms with Crippen LogP contribution in [0, 0.1) is 5.41 Å². The lowest BCUT2D eigenvalue weighted by atomic mass is 9.88. The Morgan fingerprint density at radius 3 is 2.07 bits per heavy atom. The number of amides is 1. The van der Waals surface area contributed by atoms with E-state index in [-0.39, 0.29) is 30.1 Å². The van der Waals surface area contributed by atoms with Crippen molar-refractivity contribution < 1.29 is 14.6 Å². The van der Waals surface area contributed by atoms with E-state index in [9.17, 15) is 9.90 Å². The third-order valence-electron chi connectivity index (χ3n) is 5.23. The number of hydrogen-bond acceptors (Lipinski definition) is 3. The molecule has 1 N–H and O–H groups in total. The highest BCUT2D eigenvalue weighted by Crippen LogP contribution is 2.44. The van der Waals surface area contributed by atoms with Crippen molar-refractivity contribution in [3.8, 4) is 11.1 Å². The first-order valence-corrected chi connectivity index (χ1v) is 9.50. The summed E-state index contributed by atoms with van der Waals surface area (Å²) in [6.45, 7) is 6.52. The van der Waals surface area contributed by atoms with Crippen molar-refractivity contribution in [2.24, 2.45) is 5.41 Å². The highest BCUT2D eigenvalue weighted by atomic mass is 16.6. The van der Waals surface area contributed by atoms with Crippen LogP contribution in [0.1, 0.15) is 44.2 Å². The Morgan fingerprint density at radius 1 is 1.07 bits per heavy atom. The summed E-state index contributed by atoms with van der Waals surface area (Å²) in [4.78, 5) is 14.1. The van der Waals surface area contributed by atoms with Crippen LogP contribution >= 0.6 is 0 Å². The minimum atomic E-state index is -0.389. The number of carbonyl (C=O) groups is 1. The third kappa shape index (κ3) is 4.16. The number of likely N-dealkylation sites (N-methyl/N-ethyl adjacent to an activating group) is 1. The second kappa shape index (κ2) is 7.73. The summed E-state index contributed by atoms with van der Waals surface area (Å²) in [5, 5.41) is 9.70. The summed E-state index contributed by atoms with van der Waals surface area (Å²) < 4.78 is 5.67. The van der Waals surface area contributed by atoms with Crippen LogP contribution in [0.25, 0.3) is 11.1 Å². The molecule has 0 aromatic heterocycles. The molecule has 1 amide bonds. The number of benzene rings is 2. The molecule has 0 fully saturated rings. The summed E-state index contributed by atoms with van der Waals surface area (Å²) in [5.74, 6) is 0.0462. The average molecular weight is 367 g/mol. The van der Waals surface area contributed by atoms with Gasteiger partial charge in [-0.25, -0.2) is 4.79 Å². The molecule has 0 saturated heterocycles. The van der Waals surface area contributed by atoms with Gasteiger partial charge < -0.3 is 14.7 Å². The van der Waals surface area contributed by atoms with Crippen molar-refractivity contribution in [2.75, 3.05) is 20.3 Å². The van der Waals surface area contributed by atoms with Gasteiger partial charge in [-0.2, -0.15) is 0 Å². The topological polar surface area (TPSA) is 49.8 Å². The van der Waals surface area contributed by atoms with Crippen molar-refractivity contribution >= 4 is 6.09 Å². The molecule has 4 nitrogen and oxygen atoms in total. The molecule has 27 heavy (non-hydrogen) atoms. The first-order valence-electron chi connectivity index (χ1n) is 9.50. The van der Waals surface area contributed by atoms with Crippen molar-refractivity contribution in [3.63, 3.8) is 0 Å². The van der Waals surface area contributed by atoms with Crippen LogP contribution < -0.4 is 0 Å². The van der Waals surface area contributed by atoms with E-state index in [1.54, 1.807) is 7.05 Å². The molecule has 0 bridgehead atoms. The lowest BCUT2D eigenvalue weighted by Crippen LogP contribution is -2.42. The molecule has 0 saturated carbocycles. The van der Waals surface area contributed by atoms with Gasteiger partial charge in [-0.3, -0.25) is 0 Å². The molecule has 0 heterocycles. The lowest BCUT2D eigenvalue weighted by molar-refractivity contribution is 0.0667. The molecular weight excluding hydrogens is 338 g/mol. The fraction of sp³-hybridized carbons (Fsp3) is 0.435. The number of aliphatic hydroxyl groups is 1. The zero-order valence-electron chi connectivity index (χ0n) is 16.6. The first kappa shape index (κ1) is 19.4. The first-order chi connectivity index (χ1) is 12.8. The molecule has 3 rings (SSSR count). The average Bonchev–Trinajstić information content (AvgIpc) is 2.97. The van der Waals surface area contributed by atoms with E-state index in [1.807, 2.05) is 24.3 Å². The van der Waals surface area contributed by atoms with Crippen molar-refractivity contribution in [2.45, 2.75) is 39.2 Å². The Labute approximate surface area is 161 Å². The highest BCUT2D eigenvalue weighted by molar-refractivity contribution is 5.79. The number of aliphatic hydroxyl groups excluding tert-OH is 1. The Kier molecular flexibility index (Phi) is 5.56. The van der Waals surface area contributed by atoms with E-state index in [0.717, 1.165) is 0 Å². The molecule has 0 aliphatic heterocycles. The summed E-state index contributed by atoms with van der Waals surface area (Å²) >= 11 is 0. The van der Waals surface area contributed by atoms with Crippen LogP contribution in [0.4, 0.5) is 4.79 Å². The SMILES string of the molecule is CN(C(=O)OCC1c2ccccc2-c2ccccc21)C(CO)CC(C)(C)C. The molecule has 1 unspecified atom stereocenters. The quantitative estimate of drug-likeness (QED) is 0.836. The summed E-state index contributed by atoms with van der Waals surface area (Å²) in [7, 11) is 1.70. The van der Waals surface area contributed by atoms with Crippen molar-refractivity contribution in [3.05, 3.63) is 59.7 Å². The van der Waals surface area contributed by atoms with Crippen LogP contribution in [0.3, 0.4) is 0 Å². The number of nitrogens with zero attached hydrogens (tertiary/aromatic N) is 1. The fourth-order valence-electron chi connectivity index (χ4n) is 3.88. The van der Waals surface area contributed by atoms with E-state index < -0.39 is 0 Å². The van der Waals surface area contributed by atoms with E-state index in [0.29, 0.717) is 13.0 Å². The standard InChI is InChI=1S/C23H29NO3/c1-23(2,3)13-16(14-25)24(4)22(26)27-15-21-19-11-7-5-9-17(19)18-10-6-8-12-20(18)21/h5-12,16,21,25H,13-15H2,1-4H3. The Morgan fingerprint density at radius 2 is 1.59 bits per heavy atom. The zero-order valence-corrected chi connectivity index (χ0v) is 16.6. The number of ether oxygens (including phenoxy) is 1.